The lowest BCUT2D eigenvalue weighted by molar-refractivity contribution is 0.101. The highest BCUT2D eigenvalue weighted by Gasteiger charge is 2.19. The third-order valence-corrected chi connectivity index (χ3v) is 5.11. The topological polar surface area (TPSA) is 49.3 Å². The fraction of sp³-hybridized carbons (Fsp3) is 0.286. The Bertz CT molecular complexity index is 1010. The number of halogens is 1. The van der Waals surface area contributed by atoms with E-state index in [1.54, 1.807) is 18.5 Å². The van der Waals surface area contributed by atoms with Crippen molar-refractivity contribution in [3.05, 3.63) is 54.1 Å². The first-order chi connectivity index (χ1) is 13.0. The molecule has 1 saturated heterocycles. The summed E-state index contributed by atoms with van der Waals surface area (Å²) in [6, 6.07) is 10.6. The number of piperazine rings is 1. The van der Waals surface area contributed by atoms with Crippen molar-refractivity contribution in [1.82, 2.24) is 14.9 Å². The van der Waals surface area contributed by atoms with Gasteiger partial charge in [-0.05, 0) is 37.7 Å². The molecular weight excluding hydrogens is 343 g/mol. The van der Waals surface area contributed by atoms with Gasteiger partial charge in [0.1, 0.15) is 18.0 Å². The third-order valence-electron chi connectivity index (χ3n) is 5.11. The summed E-state index contributed by atoms with van der Waals surface area (Å²) < 4.78 is 14.8. The van der Waals surface area contributed by atoms with Gasteiger partial charge in [-0.3, -0.25) is 4.79 Å². The summed E-state index contributed by atoms with van der Waals surface area (Å²) in [5.74, 6) is 0.108. The molecule has 0 radical (unpaired) electrons. The van der Waals surface area contributed by atoms with Gasteiger partial charge in [-0.15, -0.1) is 0 Å². The van der Waals surface area contributed by atoms with Crippen LogP contribution in [0.2, 0.25) is 0 Å². The second-order valence-corrected chi connectivity index (χ2v) is 6.94. The number of anilines is 1. The molecule has 0 saturated carbocycles. The summed E-state index contributed by atoms with van der Waals surface area (Å²) in [5, 5.41) is 0.896. The Hall–Kier alpha value is -2.86. The van der Waals surface area contributed by atoms with Crippen LogP contribution < -0.4 is 4.90 Å². The van der Waals surface area contributed by atoms with E-state index in [9.17, 15) is 9.18 Å². The number of nitrogens with zero attached hydrogens (tertiary/aromatic N) is 4. The molecular formula is C21H21FN4O. The van der Waals surface area contributed by atoms with Crippen molar-refractivity contribution >= 4 is 22.5 Å². The highest BCUT2D eigenvalue weighted by Crippen LogP contribution is 2.31. The van der Waals surface area contributed by atoms with Gasteiger partial charge in [0.2, 0.25) is 0 Å². The minimum atomic E-state index is -0.484. The molecule has 3 aromatic rings. The Kier molecular flexibility index (Phi) is 4.58. The minimum Gasteiger partial charge on any atom is -0.353 e. The summed E-state index contributed by atoms with van der Waals surface area (Å²) in [7, 11) is 2.11. The molecule has 5 nitrogen and oxygen atoms in total. The average molecular weight is 364 g/mol. The second-order valence-electron chi connectivity index (χ2n) is 6.94. The van der Waals surface area contributed by atoms with E-state index in [-0.39, 0.29) is 11.3 Å². The molecule has 0 unspecified atom stereocenters. The van der Waals surface area contributed by atoms with Crippen LogP contribution in [0.15, 0.2) is 42.7 Å². The van der Waals surface area contributed by atoms with Crippen molar-refractivity contribution in [3.63, 3.8) is 0 Å². The van der Waals surface area contributed by atoms with E-state index in [4.69, 9.17) is 0 Å². The Morgan fingerprint density at radius 1 is 1.07 bits per heavy atom. The monoisotopic (exact) mass is 364 g/mol. The van der Waals surface area contributed by atoms with Gasteiger partial charge in [0.05, 0.1) is 11.1 Å². The zero-order chi connectivity index (χ0) is 19.0. The maximum atomic E-state index is 14.8. The summed E-state index contributed by atoms with van der Waals surface area (Å²) in [6.07, 6.45) is 1.58. The van der Waals surface area contributed by atoms with Gasteiger partial charge in [0.25, 0.3) is 0 Å². The van der Waals surface area contributed by atoms with Gasteiger partial charge >= 0.3 is 0 Å². The van der Waals surface area contributed by atoms with Crippen LogP contribution in [0.1, 0.15) is 17.3 Å². The number of carbonyl (C=O) groups excluding carboxylic acids is 1. The molecule has 1 aromatic heterocycles. The number of ketones is 1. The van der Waals surface area contributed by atoms with Gasteiger partial charge in [0, 0.05) is 37.1 Å². The van der Waals surface area contributed by atoms with Gasteiger partial charge in [-0.25, -0.2) is 14.4 Å². The van der Waals surface area contributed by atoms with Crippen LogP contribution in [-0.4, -0.2) is 53.9 Å². The van der Waals surface area contributed by atoms with Crippen LogP contribution in [0.5, 0.6) is 0 Å². The number of aromatic nitrogens is 2. The average Bonchev–Trinajstić information content (AvgIpc) is 2.68. The van der Waals surface area contributed by atoms with E-state index in [0.717, 1.165) is 42.9 Å². The first kappa shape index (κ1) is 17.5. The first-order valence-electron chi connectivity index (χ1n) is 9.02. The number of hydrogen-bond donors (Lipinski definition) is 0. The minimum absolute atomic E-state index is 0.108. The maximum absolute atomic E-state index is 14.8. The molecule has 2 heterocycles. The largest absolute Gasteiger partial charge is 0.353 e. The van der Waals surface area contributed by atoms with Crippen LogP contribution >= 0.6 is 0 Å². The number of carbonyl (C=O) groups is 1. The molecule has 0 bridgehead atoms. The summed E-state index contributed by atoms with van der Waals surface area (Å²) in [4.78, 5) is 25.1. The molecule has 138 valence electrons. The fourth-order valence-electron chi connectivity index (χ4n) is 3.51. The van der Waals surface area contributed by atoms with Crippen molar-refractivity contribution in [2.24, 2.45) is 0 Å². The predicted molar refractivity (Wildman–Crippen MR) is 105 cm³/mol. The number of hydrogen-bond acceptors (Lipinski definition) is 5. The number of Topliss-reactive ketones (excluding diaryl/α,β-unsaturated/α-hetero) is 1. The highest BCUT2D eigenvalue weighted by molar-refractivity contribution is 5.97. The molecule has 0 N–H and O–H groups in total. The van der Waals surface area contributed by atoms with E-state index in [2.05, 4.69) is 26.8 Å². The van der Waals surface area contributed by atoms with E-state index >= 15 is 0 Å². The SMILES string of the molecule is CC(=O)c1cccc(-c2ccc3ncnc(N4CCN(C)CC4)c3c2)c1F. The van der Waals surface area contributed by atoms with E-state index in [1.165, 1.54) is 13.0 Å². The van der Waals surface area contributed by atoms with Crippen LogP contribution in [-0.2, 0) is 0 Å². The summed E-state index contributed by atoms with van der Waals surface area (Å²) >= 11 is 0. The zero-order valence-electron chi connectivity index (χ0n) is 15.4. The van der Waals surface area contributed by atoms with E-state index < -0.39 is 5.82 Å². The lowest BCUT2D eigenvalue weighted by Gasteiger charge is -2.33. The van der Waals surface area contributed by atoms with Crippen LogP contribution in [0.4, 0.5) is 10.2 Å². The number of rotatable bonds is 3. The molecule has 0 aliphatic carbocycles. The molecule has 6 heteroatoms. The van der Waals surface area contributed by atoms with Gasteiger partial charge in [-0.1, -0.05) is 18.2 Å². The number of benzene rings is 2. The Balaban J connectivity index is 1.82. The molecule has 2 aromatic carbocycles. The summed E-state index contributed by atoms with van der Waals surface area (Å²) in [5.41, 5.74) is 2.06. The predicted octanol–water partition coefficient (Wildman–Crippen LogP) is 3.39. The van der Waals surface area contributed by atoms with Crippen molar-refractivity contribution < 1.29 is 9.18 Å². The quantitative estimate of drug-likeness (QED) is 0.667. The molecule has 0 atom stereocenters. The normalized spacial score (nSPS) is 15.3. The second kappa shape index (κ2) is 7.04. The highest BCUT2D eigenvalue weighted by atomic mass is 19.1. The third kappa shape index (κ3) is 3.28. The Morgan fingerprint density at radius 2 is 1.85 bits per heavy atom. The van der Waals surface area contributed by atoms with Crippen LogP contribution in [0.25, 0.3) is 22.0 Å². The van der Waals surface area contributed by atoms with E-state index in [0.29, 0.717) is 11.1 Å². The van der Waals surface area contributed by atoms with Crippen molar-refractivity contribution in [3.8, 4) is 11.1 Å². The van der Waals surface area contributed by atoms with Crippen molar-refractivity contribution in [2.75, 3.05) is 38.1 Å². The van der Waals surface area contributed by atoms with E-state index in [1.807, 2.05) is 18.2 Å². The smallest absolute Gasteiger partial charge is 0.162 e. The van der Waals surface area contributed by atoms with Crippen molar-refractivity contribution in [1.29, 1.82) is 0 Å². The van der Waals surface area contributed by atoms with Crippen LogP contribution in [0.3, 0.4) is 0 Å². The molecule has 0 amide bonds. The number of likely N-dealkylation sites (N-methyl/N-ethyl adjacent to an activating group) is 1. The Morgan fingerprint density at radius 3 is 2.59 bits per heavy atom. The number of fused-ring (bicyclic) bond motifs is 1. The lowest BCUT2D eigenvalue weighted by atomic mass is 9.99. The molecule has 4 rings (SSSR count). The lowest BCUT2D eigenvalue weighted by Crippen LogP contribution is -2.44. The maximum Gasteiger partial charge on any atom is 0.162 e. The summed E-state index contributed by atoms with van der Waals surface area (Å²) in [6.45, 7) is 5.10. The van der Waals surface area contributed by atoms with Crippen LogP contribution in [0, 0.1) is 5.82 Å². The molecule has 1 aliphatic rings. The Labute approximate surface area is 157 Å². The van der Waals surface area contributed by atoms with Crippen molar-refractivity contribution in [2.45, 2.75) is 6.92 Å². The van der Waals surface area contributed by atoms with Gasteiger partial charge in [0.15, 0.2) is 5.78 Å². The standard InChI is InChI=1S/C21H21FN4O/c1-14(27)16-4-3-5-17(20(16)22)15-6-7-19-18(12-15)21(24-13-23-19)26-10-8-25(2)9-11-26/h3-7,12-13H,8-11H2,1-2H3. The van der Waals surface area contributed by atoms with Gasteiger partial charge < -0.3 is 9.80 Å². The molecule has 27 heavy (non-hydrogen) atoms. The molecule has 1 aliphatic heterocycles. The molecule has 1 fully saturated rings. The van der Waals surface area contributed by atoms with Gasteiger partial charge in [-0.2, -0.15) is 0 Å². The first-order valence-corrected chi connectivity index (χ1v) is 9.02. The fourth-order valence-corrected chi connectivity index (χ4v) is 3.51. The zero-order valence-corrected chi connectivity index (χ0v) is 15.4. The molecule has 0 spiro atoms.